The van der Waals surface area contributed by atoms with E-state index in [0.29, 0.717) is 11.8 Å². The fraction of sp³-hybridized carbons (Fsp3) is 0.500. The average molecular weight is 252 g/mol. The molecule has 1 fully saturated rings. The summed E-state index contributed by atoms with van der Waals surface area (Å²) in [5.41, 5.74) is 0.879. The van der Waals surface area contributed by atoms with Gasteiger partial charge in [0.2, 0.25) is 0 Å². The molecule has 0 atom stereocenters. The molecule has 0 radical (unpaired) electrons. The van der Waals surface area contributed by atoms with Gasteiger partial charge in [0.05, 0.1) is 25.1 Å². The van der Waals surface area contributed by atoms with Crippen molar-refractivity contribution >= 4 is 11.4 Å². The SMILES string of the molecule is COc1cc(NC2CC[NH2+]CC2)ccc1[N+](=O)[O-]. The molecule has 0 aliphatic carbocycles. The van der Waals surface area contributed by atoms with Crippen LogP contribution in [0.4, 0.5) is 11.4 Å². The van der Waals surface area contributed by atoms with Crippen LogP contribution in [0.5, 0.6) is 5.75 Å². The van der Waals surface area contributed by atoms with E-state index in [4.69, 9.17) is 4.74 Å². The van der Waals surface area contributed by atoms with Crippen LogP contribution in [-0.4, -0.2) is 31.2 Å². The second-order valence-corrected chi connectivity index (χ2v) is 4.43. The molecule has 3 N–H and O–H groups in total. The third kappa shape index (κ3) is 2.89. The largest absolute Gasteiger partial charge is 0.490 e. The Hall–Kier alpha value is -1.82. The maximum absolute atomic E-state index is 10.8. The molecule has 1 aromatic carbocycles. The number of hydrogen-bond acceptors (Lipinski definition) is 4. The standard InChI is InChI=1S/C12H17N3O3/c1-18-12-8-10(2-3-11(12)15(16)17)14-9-4-6-13-7-5-9/h2-3,8-9,13-14H,4-7H2,1H3/p+1. The molecule has 18 heavy (non-hydrogen) atoms. The molecular weight excluding hydrogens is 234 g/mol. The molecule has 2 rings (SSSR count). The number of nitrogens with two attached hydrogens (primary N) is 1. The number of methoxy groups -OCH3 is 1. The minimum absolute atomic E-state index is 0.0000255. The van der Waals surface area contributed by atoms with Crippen LogP contribution >= 0.6 is 0 Å². The van der Waals surface area contributed by atoms with Gasteiger partial charge in [0, 0.05) is 36.7 Å². The summed E-state index contributed by atoms with van der Waals surface area (Å²) < 4.78 is 5.05. The molecular formula is C12H18N3O3+. The van der Waals surface area contributed by atoms with Gasteiger partial charge in [0.1, 0.15) is 0 Å². The smallest absolute Gasteiger partial charge is 0.311 e. The van der Waals surface area contributed by atoms with Crippen LogP contribution in [0, 0.1) is 10.1 Å². The molecule has 1 aliphatic rings. The fourth-order valence-corrected chi connectivity index (χ4v) is 2.23. The summed E-state index contributed by atoms with van der Waals surface area (Å²) in [6.07, 6.45) is 2.22. The Morgan fingerprint density at radius 3 is 2.78 bits per heavy atom. The predicted octanol–water partition coefficient (Wildman–Crippen LogP) is 0.741. The number of hydrogen-bond donors (Lipinski definition) is 2. The minimum Gasteiger partial charge on any atom is -0.490 e. The summed E-state index contributed by atoms with van der Waals surface area (Å²) in [5, 5.41) is 16.5. The van der Waals surface area contributed by atoms with Crippen LogP contribution in [0.25, 0.3) is 0 Å². The molecule has 1 heterocycles. The predicted molar refractivity (Wildman–Crippen MR) is 68.0 cm³/mol. The second-order valence-electron chi connectivity index (χ2n) is 4.43. The Morgan fingerprint density at radius 1 is 1.44 bits per heavy atom. The first-order valence-electron chi connectivity index (χ1n) is 6.11. The first-order valence-corrected chi connectivity index (χ1v) is 6.11. The molecule has 0 bridgehead atoms. The quantitative estimate of drug-likeness (QED) is 0.612. The third-order valence-electron chi connectivity index (χ3n) is 3.19. The summed E-state index contributed by atoms with van der Waals surface area (Å²) in [7, 11) is 1.45. The number of anilines is 1. The van der Waals surface area contributed by atoms with Gasteiger partial charge < -0.3 is 15.4 Å². The molecule has 1 aromatic rings. The lowest BCUT2D eigenvalue weighted by atomic mass is 10.1. The molecule has 98 valence electrons. The van der Waals surface area contributed by atoms with E-state index in [1.54, 1.807) is 12.1 Å². The summed E-state index contributed by atoms with van der Waals surface area (Å²) in [5.74, 6) is 0.298. The van der Waals surface area contributed by atoms with Gasteiger partial charge in [-0.05, 0) is 6.07 Å². The topological polar surface area (TPSA) is 81.0 Å². The van der Waals surface area contributed by atoms with Crippen LogP contribution in [0.3, 0.4) is 0 Å². The van der Waals surface area contributed by atoms with Crippen molar-refractivity contribution in [1.29, 1.82) is 0 Å². The fourth-order valence-electron chi connectivity index (χ4n) is 2.23. The number of quaternary nitrogens is 1. The Bertz CT molecular complexity index is 431. The Morgan fingerprint density at radius 2 is 2.17 bits per heavy atom. The maximum Gasteiger partial charge on any atom is 0.311 e. The zero-order chi connectivity index (χ0) is 13.0. The molecule has 1 aliphatic heterocycles. The van der Waals surface area contributed by atoms with Gasteiger partial charge in [-0.2, -0.15) is 0 Å². The Balaban J connectivity index is 2.11. The molecule has 0 amide bonds. The number of nitrogens with zero attached hydrogens (tertiary/aromatic N) is 1. The monoisotopic (exact) mass is 252 g/mol. The lowest BCUT2D eigenvalue weighted by Crippen LogP contribution is -2.87. The van der Waals surface area contributed by atoms with Crippen molar-refractivity contribution in [1.82, 2.24) is 0 Å². The summed E-state index contributed by atoms with van der Waals surface area (Å²) in [6, 6.07) is 5.35. The van der Waals surface area contributed by atoms with E-state index in [1.807, 2.05) is 0 Å². The van der Waals surface area contributed by atoms with Crippen molar-refractivity contribution in [2.45, 2.75) is 18.9 Å². The van der Waals surface area contributed by atoms with E-state index in [0.717, 1.165) is 31.6 Å². The van der Waals surface area contributed by atoms with Crippen molar-refractivity contribution in [2.75, 3.05) is 25.5 Å². The van der Waals surface area contributed by atoms with E-state index in [2.05, 4.69) is 10.6 Å². The number of rotatable bonds is 4. The normalized spacial score (nSPS) is 16.3. The third-order valence-corrected chi connectivity index (χ3v) is 3.19. The first-order chi connectivity index (χ1) is 8.70. The zero-order valence-corrected chi connectivity index (χ0v) is 10.4. The van der Waals surface area contributed by atoms with Crippen LogP contribution in [0.2, 0.25) is 0 Å². The average Bonchev–Trinajstić information content (AvgIpc) is 2.39. The van der Waals surface area contributed by atoms with Crippen LogP contribution in [-0.2, 0) is 0 Å². The van der Waals surface area contributed by atoms with Crippen molar-refractivity contribution in [3.05, 3.63) is 28.3 Å². The summed E-state index contributed by atoms with van der Waals surface area (Å²) in [4.78, 5) is 10.4. The zero-order valence-electron chi connectivity index (χ0n) is 10.4. The molecule has 1 saturated heterocycles. The van der Waals surface area contributed by atoms with Crippen LogP contribution in [0.1, 0.15) is 12.8 Å². The highest BCUT2D eigenvalue weighted by molar-refractivity contribution is 5.58. The summed E-state index contributed by atoms with van der Waals surface area (Å²) in [6.45, 7) is 2.25. The highest BCUT2D eigenvalue weighted by Gasteiger charge is 2.18. The number of nitrogens with one attached hydrogen (secondary N) is 1. The summed E-state index contributed by atoms with van der Waals surface area (Å²) >= 11 is 0. The van der Waals surface area contributed by atoms with Gasteiger partial charge in [0.25, 0.3) is 0 Å². The number of piperidine rings is 1. The Kier molecular flexibility index (Phi) is 3.99. The molecule has 0 aromatic heterocycles. The van der Waals surface area contributed by atoms with Gasteiger partial charge in [-0.3, -0.25) is 10.1 Å². The van der Waals surface area contributed by atoms with E-state index in [-0.39, 0.29) is 5.69 Å². The van der Waals surface area contributed by atoms with E-state index in [9.17, 15) is 10.1 Å². The van der Waals surface area contributed by atoms with Gasteiger partial charge >= 0.3 is 5.69 Å². The molecule has 6 heteroatoms. The van der Waals surface area contributed by atoms with Crippen LogP contribution in [0.15, 0.2) is 18.2 Å². The van der Waals surface area contributed by atoms with E-state index < -0.39 is 4.92 Å². The van der Waals surface area contributed by atoms with E-state index >= 15 is 0 Å². The van der Waals surface area contributed by atoms with Crippen LogP contribution < -0.4 is 15.4 Å². The van der Waals surface area contributed by atoms with Crippen molar-refractivity contribution < 1.29 is 15.0 Å². The lowest BCUT2D eigenvalue weighted by Gasteiger charge is -2.22. The number of ether oxygens (including phenoxy) is 1. The number of nitro benzene ring substituents is 1. The second kappa shape index (κ2) is 5.68. The van der Waals surface area contributed by atoms with Gasteiger partial charge in [-0.15, -0.1) is 0 Å². The first kappa shape index (κ1) is 12.6. The van der Waals surface area contributed by atoms with Gasteiger partial charge in [0.15, 0.2) is 5.75 Å². The Labute approximate surface area is 105 Å². The van der Waals surface area contributed by atoms with Crippen molar-refractivity contribution in [3.63, 3.8) is 0 Å². The van der Waals surface area contributed by atoms with Gasteiger partial charge in [-0.1, -0.05) is 0 Å². The highest BCUT2D eigenvalue weighted by atomic mass is 16.6. The van der Waals surface area contributed by atoms with Crippen molar-refractivity contribution in [2.24, 2.45) is 0 Å². The highest BCUT2D eigenvalue weighted by Crippen LogP contribution is 2.30. The van der Waals surface area contributed by atoms with Gasteiger partial charge in [-0.25, -0.2) is 0 Å². The maximum atomic E-state index is 10.8. The molecule has 0 unspecified atom stereocenters. The molecule has 0 saturated carbocycles. The minimum atomic E-state index is -0.432. The van der Waals surface area contributed by atoms with E-state index in [1.165, 1.54) is 13.2 Å². The number of benzene rings is 1. The van der Waals surface area contributed by atoms with Crippen molar-refractivity contribution in [3.8, 4) is 5.75 Å². The molecule has 6 nitrogen and oxygen atoms in total. The number of nitro groups is 1. The molecule has 0 spiro atoms. The lowest BCUT2D eigenvalue weighted by molar-refractivity contribution is -0.662.